The molecular weight excluding hydrogens is 440 g/mol. The van der Waals surface area contributed by atoms with Gasteiger partial charge in [-0.05, 0) is 60.5 Å². The zero-order chi connectivity index (χ0) is 24.5. The molecule has 0 aliphatic rings. The van der Waals surface area contributed by atoms with Gasteiger partial charge < -0.3 is 19.2 Å². The van der Waals surface area contributed by atoms with Gasteiger partial charge in [0.25, 0.3) is 5.56 Å². The lowest BCUT2D eigenvalue weighted by atomic mass is 10.0. The molecule has 0 aliphatic carbocycles. The van der Waals surface area contributed by atoms with E-state index in [1.807, 2.05) is 84.9 Å². The molecule has 6 nitrogen and oxygen atoms in total. The van der Waals surface area contributed by atoms with Gasteiger partial charge in [-0.2, -0.15) is 5.26 Å². The molecule has 1 heterocycles. The molecule has 0 atom stereocenters. The van der Waals surface area contributed by atoms with Gasteiger partial charge in [-0.1, -0.05) is 42.5 Å². The van der Waals surface area contributed by atoms with Gasteiger partial charge >= 0.3 is 0 Å². The predicted octanol–water partition coefficient (Wildman–Crippen LogP) is 5.65. The summed E-state index contributed by atoms with van der Waals surface area (Å²) in [4.78, 5) is 14.7. The molecule has 176 valence electrons. The molecule has 0 spiro atoms. The van der Waals surface area contributed by atoms with Crippen molar-refractivity contribution in [3.63, 3.8) is 0 Å². The summed E-state index contributed by atoms with van der Waals surface area (Å²) in [6.45, 7) is 3.35. The van der Waals surface area contributed by atoms with Crippen LogP contribution >= 0.6 is 0 Å². The van der Waals surface area contributed by atoms with E-state index in [0.29, 0.717) is 36.8 Å². The van der Waals surface area contributed by atoms with Crippen LogP contribution in [0.2, 0.25) is 0 Å². The summed E-state index contributed by atoms with van der Waals surface area (Å²) < 4.78 is 17.4. The van der Waals surface area contributed by atoms with Gasteiger partial charge in [0.05, 0.1) is 13.2 Å². The lowest BCUT2D eigenvalue weighted by Gasteiger charge is -2.10. The molecule has 3 aromatic carbocycles. The van der Waals surface area contributed by atoms with Gasteiger partial charge in [0.15, 0.2) is 0 Å². The molecule has 1 N–H and O–H groups in total. The molecule has 4 aromatic rings. The first kappa shape index (κ1) is 23.7. The van der Waals surface area contributed by atoms with Gasteiger partial charge in [0.2, 0.25) is 0 Å². The van der Waals surface area contributed by atoms with E-state index in [9.17, 15) is 10.1 Å². The second-order valence-corrected chi connectivity index (χ2v) is 8.00. The third-order valence-electron chi connectivity index (χ3n) is 5.34. The smallest absolute Gasteiger partial charge is 0.266 e. The number of H-pyrrole nitrogens is 1. The first-order valence-electron chi connectivity index (χ1n) is 11.4. The van der Waals surface area contributed by atoms with Gasteiger partial charge in [-0.3, -0.25) is 4.79 Å². The van der Waals surface area contributed by atoms with Crippen molar-refractivity contribution in [1.29, 1.82) is 5.26 Å². The van der Waals surface area contributed by atoms with E-state index in [-0.39, 0.29) is 11.1 Å². The van der Waals surface area contributed by atoms with Crippen molar-refractivity contribution in [1.82, 2.24) is 4.98 Å². The Labute approximate surface area is 204 Å². The Morgan fingerprint density at radius 3 is 1.97 bits per heavy atom. The van der Waals surface area contributed by atoms with E-state index in [2.05, 4.69) is 4.98 Å². The SMILES string of the molecule is Cc1cc(-c2ccc(OCCCOc3ccc(OCc4ccccc4)cc3)cc2)c(C#N)c(=O)[nH]1. The lowest BCUT2D eigenvalue weighted by Crippen LogP contribution is -2.12. The summed E-state index contributed by atoms with van der Waals surface area (Å²) in [6, 6.07) is 28.8. The quantitative estimate of drug-likeness (QED) is 0.305. The fourth-order valence-corrected chi connectivity index (χ4v) is 3.57. The van der Waals surface area contributed by atoms with Gasteiger partial charge in [0, 0.05) is 17.7 Å². The van der Waals surface area contributed by atoms with E-state index in [4.69, 9.17) is 14.2 Å². The number of benzene rings is 3. The Bertz CT molecular complexity index is 1340. The minimum atomic E-state index is -0.378. The number of aromatic nitrogens is 1. The van der Waals surface area contributed by atoms with Crippen molar-refractivity contribution in [3.05, 3.63) is 112 Å². The molecule has 0 unspecified atom stereocenters. The van der Waals surface area contributed by atoms with E-state index in [1.165, 1.54) is 0 Å². The largest absolute Gasteiger partial charge is 0.493 e. The van der Waals surface area contributed by atoms with E-state index >= 15 is 0 Å². The molecule has 0 amide bonds. The minimum absolute atomic E-state index is 0.109. The van der Waals surface area contributed by atoms with Crippen LogP contribution in [0, 0.1) is 18.3 Å². The van der Waals surface area contributed by atoms with E-state index < -0.39 is 0 Å². The monoisotopic (exact) mass is 466 g/mol. The predicted molar refractivity (Wildman–Crippen MR) is 135 cm³/mol. The zero-order valence-electron chi connectivity index (χ0n) is 19.5. The molecule has 0 fully saturated rings. The highest BCUT2D eigenvalue weighted by Crippen LogP contribution is 2.24. The summed E-state index contributed by atoms with van der Waals surface area (Å²) in [5, 5.41) is 9.32. The molecule has 0 saturated carbocycles. The van der Waals surface area contributed by atoms with E-state index in [0.717, 1.165) is 29.0 Å². The second kappa shape index (κ2) is 11.6. The van der Waals surface area contributed by atoms with Crippen LogP contribution in [0.1, 0.15) is 23.2 Å². The Morgan fingerprint density at radius 1 is 0.800 bits per heavy atom. The maximum Gasteiger partial charge on any atom is 0.266 e. The fraction of sp³-hybridized carbons (Fsp3) is 0.172. The number of rotatable bonds is 10. The summed E-state index contributed by atoms with van der Waals surface area (Å²) in [6.07, 6.45) is 0.722. The van der Waals surface area contributed by atoms with Gasteiger partial charge in [-0.15, -0.1) is 0 Å². The minimum Gasteiger partial charge on any atom is -0.493 e. The van der Waals surface area contributed by atoms with Gasteiger partial charge in [0.1, 0.15) is 35.5 Å². The van der Waals surface area contributed by atoms with Crippen LogP contribution in [-0.2, 0) is 6.61 Å². The summed E-state index contributed by atoms with van der Waals surface area (Å²) in [7, 11) is 0. The van der Waals surface area contributed by atoms with Crippen LogP contribution in [0.15, 0.2) is 89.7 Å². The molecule has 0 bridgehead atoms. The van der Waals surface area contributed by atoms with Crippen LogP contribution in [0.3, 0.4) is 0 Å². The molecule has 6 heteroatoms. The molecule has 0 saturated heterocycles. The summed E-state index contributed by atoms with van der Waals surface area (Å²) >= 11 is 0. The number of nitrogens with one attached hydrogen (secondary N) is 1. The molecule has 35 heavy (non-hydrogen) atoms. The van der Waals surface area contributed by atoms with Crippen LogP contribution in [0.25, 0.3) is 11.1 Å². The number of nitrogens with zero attached hydrogens (tertiary/aromatic N) is 1. The second-order valence-electron chi connectivity index (χ2n) is 8.00. The number of hydrogen-bond donors (Lipinski definition) is 1. The molecular formula is C29H26N2O4. The lowest BCUT2D eigenvalue weighted by molar-refractivity contribution is 0.247. The maximum atomic E-state index is 12.0. The number of nitriles is 1. The van der Waals surface area contributed by atoms with Crippen molar-refractivity contribution < 1.29 is 14.2 Å². The Balaban J connectivity index is 1.21. The van der Waals surface area contributed by atoms with Crippen molar-refractivity contribution >= 4 is 0 Å². The average Bonchev–Trinajstić information content (AvgIpc) is 2.88. The first-order valence-corrected chi connectivity index (χ1v) is 11.4. The molecule has 1 aromatic heterocycles. The van der Waals surface area contributed by atoms with Crippen LogP contribution in [0.4, 0.5) is 0 Å². The normalized spacial score (nSPS) is 10.4. The highest BCUT2D eigenvalue weighted by atomic mass is 16.5. The van der Waals surface area contributed by atoms with Crippen LogP contribution in [-0.4, -0.2) is 18.2 Å². The molecule has 4 rings (SSSR count). The number of aromatic amines is 1. The van der Waals surface area contributed by atoms with Crippen molar-refractivity contribution in [2.24, 2.45) is 0 Å². The highest BCUT2D eigenvalue weighted by molar-refractivity contribution is 5.70. The topological polar surface area (TPSA) is 84.3 Å². The first-order chi connectivity index (χ1) is 17.1. The Hall–Kier alpha value is -4.50. The number of hydrogen-bond acceptors (Lipinski definition) is 5. The van der Waals surface area contributed by atoms with E-state index in [1.54, 1.807) is 13.0 Å². The average molecular weight is 467 g/mol. The maximum absolute atomic E-state index is 12.0. The zero-order valence-corrected chi connectivity index (χ0v) is 19.5. The Morgan fingerprint density at radius 2 is 1.37 bits per heavy atom. The number of pyridine rings is 1. The molecule has 0 aliphatic heterocycles. The van der Waals surface area contributed by atoms with Gasteiger partial charge in [-0.25, -0.2) is 0 Å². The summed E-state index contributed by atoms with van der Waals surface area (Å²) in [5.41, 5.74) is 2.97. The highest BCUT2D eigenvalue weighted by Gasteiger charge is 2.10. The van der Waals surface area contributed by atoms with Crippen molar-refractivity contribution in [3.8, 4) is 34.4 Å². The van der Waals surface area contributed by atoms with Crippen molar-refractivity contribution in [2.75, 3.05) is 13.2 Å². The number of ether oxygens (including phenoxy) is 3. The summed E-state index contributed by atoms with van der Waals surface area (Å²) in [5.74, 6) is 2.29. The Kier molecular flexibility index (Phi) is 7.82. The standard InChI is InChI=1S/C29H26N2O4/c1-21-18-27(28(19-30)29(32)31-21)23-8-10-24(11-9-23)33-16-5-17-34-25-12-14-26(15-13-25)35-20-22-6-3-2-4-7-22/h2-4,6-15,18H,5,16-17,20H2,1H3,(H,31,32). The third-order valence-corrected chi connectivity index (χ3v) is 5.34. The fourth-order valence-electron chi connectivity index (χ4n) is 3.57. The third kappa shape index (κ3) is 6.52. The van der Waals surface area contributed by atoms with Crippen LogP contribution < -0.4 is 19.8 Å². The number of aryl methyl sites for hydroxylation is 1. The molecule has 0 radical (unpaired) electrons. The van der Waals surface area contributed by atoms with Crippen molar-refractivity contribution in [2.45, 2.75) is 20.0 Å². The van der Waals surface area contributed by atoms with Crippen LogP contribution in [0.5, 0.6) is 17.2 Å².